The van der Waals surface area contributed by atoms with Gasteiger partial charge in [0.25, 0.3) is 0 Å². The minimum atomic E-state index is -3.05. The van der Waals surface area contributed by atoms with Gasteiger partial charge >= 0.3 is 16.6 Å². The number of hydrogen-bond acceptors (Lipinski definition) is 4. The van der Waals surface area contributed by atoms with Crippen molar-refractivity contribution in [3.05, 3.63) is 182 Å². The van der Waals surface area contributed by atoms with Crippen molar-refractivity contribution in [1.82, 2.24) is 0 Å². The molecule has 6 heteroatoms. The maximum Gasteiger partial charge on any atom is 0.380 e. The molecule has 0 N–H and O–H groups in total. The van der Waals surface area contributed by atoms with E-state index < -0.39 is 16.6 Å². The Kier molecular flexibility index (Phi) is 10.6. The topological polar surface area (TPSA) is 43.2 Å². The predicted octanol–water partition coefficient (Wildman–Crippen LogP) is 5.89. The molecule has 0 spiro atoms. The molecule has 0 amide bonds. The molecule has 0 saturated heterocycles. The van der Waals surface area contributed by atoms with E-state index in [0.717, 1.165) is 42.5 Å². The summed E-state index contributed by atoms with van der Waals surface area (Å²) < 4.78 is 14.0. The van der Waals surface area contributed by atoms with Crippen LogP contribution in [0.5, 0.6) is 0 Å². The van der Waals surface area contributed by atoms with Gasteiger partial charge in [-0.05, 0) is 44.0 Å². The van der Waals surface area contributed by atoms with Crippen molar-refractivity contribution >= 4 is 59.2 Å². The highest BCUT2D eigenvalue weighted by atomic mass is 28.4. The molecule has 0 heterocycles. The summed E-state index contributed by atoms with van der Waals surface area (Å²) in [7, 11) is -6.11. The van der Waals surface area contributed by atoms with Crippen LogP contribution in [0.15, 0.2) is 192 Å². The Hall–Kier alpha value is -5.31. The van der Waals surface area contributed by atoms with E-state index in [2.05, 4.69) is 159 Å². The molecular formula is C42H40N2O2Si2. The van der Waals surface area contributed by atoms with Crippen LogP contribution in [-0.2, 0) is 9.05 Å². The van der Waals surface area contributed by atoms with Gasteiger partial charge in [0, 0.05) is 0 Å². The molecule has 238 valence electrons. The van der Waals surface area contributed by atoms with Crippen LogP contribution in [0.1, 0.15) is 26.7 Å². The van der Waals surface area contributed by atoms with Gasteiger partial charge in [-0.15, -0.1) is 10.3 Å². The lowest BCUT2D eigenvalue weighted by molar-refractivity contribution is 0.342. The van der Waals surface area contributed by atoms with E-state index in [1.807, 2.05) is 36.4 Å². The zero-order valence-corrected chi connectivity index (χ0v) is 29.4. The van der Waals surface area contributed by atoms with Crippen LogP contribution in [-0.4, -0.2) is 28.1 Å². The van der Waals surface area contributed by atoms with Gasteiger partial charge in [-0.1, -0.05) is 196 Å². The lowest BCUT2D eigenvalue weighted by Gasteiger charge is -2.31. The molecule has 48 heavy (non-hydrogen) atoms. The third kappa shape index (κ3) is 6.58. The second-order valence-electron chi connectivity index (χ2n) is 11.5. The highest BCUT2D eigenvalue weighted by Crippen LogP contribution is 2.14. The Balaban J connectivity index is 1.48. The van der Waals surface area contributed by atoms with Crippen LogP contribution in [0.4, 0.5) is 0 Å². The third-order valence-corrected chi connectivity index (χ3v) is 16.3. The molecule has 6 aromatic carbocycles. The molecule has 0 aromatic heterocycles. The zero-order chi connectivity index (χ0) is 33.1. The maximum absolute atomic E-state index is 7.01. The predicted molar refractivity (Wildman–Crippen MR) is 206 cm³/mol. The fraction of sp³-hybridized carbons (Fsp3) is 0.0952. The summed E-state index contributed by atoms with van der Waals surface area (Å²) in [6.45, 7) is 4.20. The summed E-state index contributed by atoms with van der Waals surface area (Å²) in [6.07, 6.45) is 1.27. The molecule has 0 saturated carbocycles. The van der Waals surface area contributed by atoms with Crippen LogP contribution in [0.3, 0.4) is 0 Å². The van der Waals surface area contributed by atoms with Crippen LogP contribution in [0.25, 0.3) is 0 Å². The van der Waals surface area contributed by atoms with Gasteiger partial charge in [0.05, 0.1) is 0 Å². The number of benzene rings is 6. The van der Waals surface area contributed by atoms with Crippen molar-refractivity contribution in [2.45, 2.75) is 26.7 Å². The molecule has 0 aliphatic carbocycles. The minimum Gasteiger partial charge on any atom is -0.438 e. The number of oxime groups is 2. The van der Waals surface area contributed by atoms with Crippen molar-refractivity contribution in [3.63, 3.8) is 0 Å². The summed E-state index contributed by atoms with van der Waals surface area (Å²) in [4.78, 5) is 0. The lowest BCUT2D eigenvalue weighted by Crippen LogP contribution is -2.68. The van der Waals surface area contributed by atoms with E-state index in [9.17, 15) is 0 Å². The van der Waals surface area contributed by atoms with Gasteiger partial charge in [-0.3, -0.25) is 0 Å². The van der Waals surface area contributed by atoms with Crippen molar-refractivity contribution in [3.8, 4) is 0 Å². The fourth-order valence-corrected chi connectivity index (χ4v) is 13.3. The lowest BCUT2D eigenvalue weighted by atomic mass is 10.1. The van der Waals surface area contributed by atoms with E-state index in [-0.39, 0.29) is 0 Å². The standard InChI is InChI=1S/C42H40N2O2Si2/c1-3-41(43-45-47(35-23-11-5-12-24-35,36-25-13-6-14-26-36)37-27-15-7-16-28-37)42(4-2)44-46-48(38-29-17-8-18-30-38,39-31-19-9-20-32-39)40-33-21-10-22-34-40/h5-34H,3-4H2,1-2H3/b43-41+,44-42+. The van der Waals surface area contributed by atoms with Gasteiger partial charge < -0.3 is 9.05 Å². The fourth-order valence-electron chi connectivity index (χ4n) is 6.24. The molecule has 0 fully saturated rings. The summed E-state index contributed by atoms with van der Waals surface area (Å²) in [6, 6.07) is 63.0. The first kappa shape index (κ1) is 32.6. The molecule has 4 nitrogen and oxygen atoms in total. The first-order valence-electron chi connectivity index (χ1n) is 16.6. The SMILES string of the molecule is CCC(=N\O[Si](c1ccccc1)(c1ccccc1)c1ccccc1)/C(CC)=N/O[Si](c1ccccc1)(c1ccccc1)c1ccccc1. The quantitative estimate of drug-likeness (QED) is 0.0672. The molecule has 0 atom stereocenters. The first-order valence-corrected chi connectivity index (χ1v) is 20.4. The molecular weight excluding hydrogens is 621 g/mol. The van der Waals surface area contributed by atoms with Gasteiger partial charge in [-0.2, -0.15) is 0 Å². The third-order valence-electron chi connectivity index (χ3n) is 8.67. The Morgan fingerprint density at radius 2 is 0.542 bits per heavy atom. The van der Waals surface area contributed by atoms with Gasteiger partial charge in [-0.25, -0.2) is 0 Å². The molecule has 0 aliphatic rings. The Morgan fingerprint density at radius 3 is 0.708 bits per heavy atom. The Bertz CT molecular complexity index is 1580. The number of rotatable bonds is 13. The average Bonchev–Trinajstić information content (AvgIpc) is 3.18. The molecule has 0 aliphatic heterocycles. The summed E-state index contributed by atoms with van der Waals surface area (Å²) >= 11 is 0. The van der Waals surface area contributed by atoms with Gasteiger partial charge in [0.1, 0.15) is 11.4 Å². The second-order valence-corrected chi connectivity index (χ2v) is 18.1. The Labute approximate surface area is 286 Å². The zero-order valence-electron chi connectivity index (χ0n) is 27.4. The molecule has 0 radical (unpaired) electrons. The van der Waals surface area contributed by atoms with Gasteiger partial charge in [0.2, 0.25) is 0 Å². The van der Waals surface area contributed by atoms with Crippen molar-refractivity contribution in [2.24, 2.45) is 10.3 Å². The molecule has 0 unspecified atom stereocenters. The summed E-state index contributed by atoms with van der Waals surface area (Å²) in [5.74, 6) is 0. The molecule has 6 aromatic rings. The number of nitrogens with zero attached hydrogens (tertiary/aromatic N) is 2. The van der Waals surface area contributed by atoms with Crippen molar-refractivity contribution in [1.29, 1.82) is 0 Å². The van der Waals surface area contributed by atoms with E-state index >= 15 is 0 Å². The summed E-state index contributed by atoms with van der Waals surface area (Å²) in [5, 5.41) is 16.8. The van der Waals surface area contributed by atoms with Crippen molar-refractivity contribution in [2.75, 3.05) is 0 Å². The van der Waals surface area contributed by atoms with E-state index in [0.29, 0.717) is 12.8 Å². The summed E-state index contributed by atoms with van der Waals surface area (Å²) in [5.41, 5.74) is 1.54. The van der Waals surface area contributed by atoms with Crippen LogP contribution in [0.2, 0.25) is 0 Å². The normalized spacial score (nSPS) is 12.4. The van der Waals surface area contributed by atoms with E-state index in [1.54, 1.807) is 0 Å². The maximum atomic E-state index is 7.01. The van der Waals surface area contributed by atoms with E-state index in [1.165, 1.54) is 0 Å². The largest absolute Gasteiger partial charge is 0.438 e. The molecule has 0 bridgehead atoms. The minimum absolute atomic E-state index is 0.634. The molecule has 6 rings (SSSR count). The average molecular weight is 661 g/mol. The smallest absolute Gasteiger partial charge is 0.380 e. The first-order chi connectivity index (χ1) is 23.7. The highest BCUT2D eigenvalue weighted by molar-refractivity contribution is 7.07. The van der Waals surface area contributed by atoms with Crippen LogP contribution < -0.4 is 31.1 Å². The van der Waals surface area contributed by atoms with E-state index in [4.69, 9.17) is 19.4 Å². The van der Waals surface area contributed by atoms with Crippen LogP contribution in [0, 0.1) is 0 Å². The highest BCUT2D eigenvalue weighted by Gasteiger charge is 2.46. The van der Waals surface area contributed by atoms with Crippen LogP contribution >= 0.6 is 0 Å². The van der Waals surface area contributed by atoms with Gasteiger partial charge in [0.15, 0.2) is 0 Å². The van der Waals surface area contributed by atoms with Crippen molar-refractivity contribution < 1.29 is 9.05 Å². The monoisotopic (exact) mass is 660 g/mol. The second kappa shape index (κ2) is 15.5. The number of hydrogen-bond donors (Lipinski definition) is 0. The Morgan fingerprint density at radius 1 is 0.354 bits per heavy atom.